The molecule has 0 amide bonds. The number of hydrogen-bond donors (Lipinski definition) is 2. The van der Waals surface area contributed by atoms with Gasteiger partial charge in [-0.1, -0.05) is 0 Å². The van der Waals surface area contributed by atoms with Gasteiger partial charge in [-0.25, -0.2) is 4.39 Å². The molecular formula is C11H16FNO4. The van der Waals surface area contributed by atoms with Crippen LogP contribution in [0.1, 0.15) is 11.6 Å². The van der Waals surface area contributed by atoms with Crippen LogP contribution in [0.25, 0.3) is 0 Å². The lowest BCUT2D eigenvalue weighted by molar-refractivity contribution is 0.257. The third-order valence-corrected chi connectivity index (χ3v) is 2.39. The molecule has 96 valence electrons. The molecule has 0 heterocycles. The van der Waals surface area contributed by atoms with Crippen molar-refractivity contribution in [2.75, 3.05) is 27.9 Å². The van der Waals surface area contributed by atoms with Gasteiger partial charge in [-0.3, -0.25) is 0 Å². The van der Waals surface area contributed by atoms with E-state index in [9.17, 15) is 4.39 Å². The quantitative estimate of drug-likeness (QED) is 0.804. The molecule has 0 aromatic heterocycles. The second-order valence-electron chi connectivity index (χ2n) is 3.33. The molecule has 1 aromatic rings. The molecule has 3 N–H and O–H groups in total. The molecule has 0 aliphatic heterocycles. The molecule has 5 nitrogen and oxygen atoms in total. The summed E-state index contributed by atoms with van der Waals surface area (Å²) in [5, 5.41) is 9.03. The Kier molecular flexibility index (Phi) is 4.53. The van der Waals surface area contributed by atoms with E-state index in [1.54, 1.807) is 0 Å². The Morgan fingerprint density at radius 2 is 1.82 bits per heavy atom. The third-order valence-electron chi connectivity index (χ3n) is 2.39. The minimum atomic E-state index is -0.908. The van der Waals surface area contributed by atoms with Gasteiger partial charge < -0.3 is 25.1 Å². The van der Waals surface area contributed by atoms with E-state index in [-0.39, 0.29) is 17.1 Å². The van der Waals surface area contributed by atoms with Crippen molar-refractivity contribution in [3.8, 4) is 17.2 Å². The minimum absolute atomic E-state index is 0.0125. The van der Waals surface area contributed by atoms with E-state index in [0.717, 1.165) is 0 Å². The Hall–Kier alpha value is -1.53. The van der Waals surface area contributed by atoms with Crippen LogP contribution in [0, 0.1) is 5.82 Å². The third kappa shape index (κ3) is 2.42. The molecule has 1 unspecified atom stereocenters. The lowest BCUT2D eigenvalue weighted by Crippen LogP contribution is -2.18. The first-order chi connectivity index (χ1) is 8.10. The Morgan fingerprint density at radius 1 is 1.24 bits per heavy atom. The zero-order valence-electron chi connectivity index (χ0n) is 9.99. The van der Waals surface area contributed by atoms with Gasteiger partial charge >= 0.3 is 0 Å². The van der Waals surface area contributed by atoms with E-state index in [0.29, 0.717) is 5.75 Å². The van der Waals surface area contributed by atoms with E-state index >= 15 is 0 Å². The summed E-state index contributed by atoms with van der Waals surface area (Å²) in [5.74, 6) is -0.217. The van der Waals surface area contributed by atoms with Gasteiger partial charge in [0.2, 0.25) is 0 Å². The van der Waals surface area contributed by atoms with Crippen LogP contribution in [0.4, 0.5) is 4.39 Å². The summed E-state index contributed by atoms with van der Waals surface area (Å²) in [6, 6.07) is 0.454. The summed E-state index contributed by atoms with van der Waals surface area (Å²) in [6.07, 6.45) is 0. The summed E-state index contributed by atoms with van der Waals surface area (Å²) >= 11 is 0. The van der Waals surface area contributed by atoms with Crippen molar-refractivity contribution in [3.05, 3.63) is 17.4 Å². The fourth-order valence-corrected chi connectivity index (χ4v) is 1.55. The summed E-state index contributed by atoms with van der Waals surface area (Å²) < 4.78 is 29.0. The van der Waals surface area contributed by atoms with Crippen LogP contribution in [-0.4, -0.2) is 33.0 Å². The summed E-state index contributed by atoms with van der Waals surface area (Å²) in [4.78, 5) is 0. The molecule has 0 spiro atoms. The van der Waals surface area contributed by atoms with Gasteiger partial charge in [0.1, 0.15) is 0 Å². The molecular weight excluding hydrogens is 229 g/mol. The normalized spacial score (nSPS) is 12.1. The Morgan fingerprint density at radius 3 is 2.24 bits per heavy atom. The number of methoxy groups -OCH3 is 3. The zero-order chi connectivity index (χ0) is 13.0. The SMILES string of the molecule is COc1cc(OC)c(OC)c(C(N)CO)c1F. The van der Waals surface area contributed by atoms with Crippen LogP contribution < -0.4 is 19.9 Å². The summed E-state index contributed by atoms with van der Waals surface area (Å²) in [6.45, 7) is -0.413. The van der Waals surface area contributed by atoms with Crippen LogP contribution >= 0.6 is 0 Å². The molecule has 1 aromatic carbocycles. The van der Waals surface area contributed by atoms with Crippen molar-refractivity contribution in [2.45, 2.75) is 6.04 Å². The van der Waals surface area contributed by atoms with Crippen LogP contribution in [0.3, 0.4) is 0 Å². The molecule has 0 saturated carbocycles. The van der Waals surface area contributed by atoms with E-state index < -0.39 is 18.5 Å². The van der Waals surface area contributed by atoms with Crippen LogP contribution in [0.5, 0.6) is 17.2 Å². The maximum absolute atomic E-state index is 14.0. The molecule has 17 heavy (non-hydrogen) atoms. The number of halogens is 1. The van der Waals surface area contributed by atoms with Gasteiger partial charge in [-0.15, -0.1) is 0 Å². The van der Waals surface area contributed by atoms with E-state index in [1.807, 2.05) is 0 Å². The summed E-state index contributed by atoms with van der Waals surface area (Å²) in [5.41, 5.74) is 5.67. The smallest absolute Gasteiger partial charge is 0.173 e. The fraction of sp³-hybridized carbons (Fsp3) is 0.455. The monoisotopic (exact) mass is 245 g/mol. The highest BCUT2D eigenvalue weighted by atomic mass is 19.1. The predicted molar refractivity (Wildman–Crippen MR) is 60.1 cm³/mol. The molecule has 1 atom stereocenters. The average molecular weight is 245 g/mol. The maximum atomic E-state index is 14.0. The Balaban J connectivity index is 3.49. The second-order valence-corrected chi connectivity index (χ2v) is 3.33. The van der Waals surface area contributed by atoms with E-state index in [2.05, 4.69) is 0 Å². The number of ether oxygens (including phenoxy) is 3. The van der Waals surface area contributed by atoms with Crippen molar-refractivity contribution in [1.29, 1.82) is 0 Å². The molecule has 1 rings (SSSR count). The van der Waals surface area contributed by atoms with E-state index in [1.165, 1.54) is 27.4 Å². The number of aliphatic hydroxyl groups excluding tert-OH is 1. The van der Waals surface area contributed by atoms with Crippen LogP contribution in [0.15, 0.2) is 6.07 Å². The minimum Gasteiger partial charge on any atom is -0.494 e. The van der Waals surface area contributed by atoms with E-state index in [4.69, 9.17) is 25.1 Å². The van der Waals surface area contributed by atoms with Crippen molar-refractivity contribution >= 4 is 0 Å². The van der Waals surface area contributed by atoms with Gasteiger partial charge in [0.15, 0.2) is 23.1 Å². The van der Waals surface area contributed by atoms with Crippen molar-refractivity contribution in [2.24, 2.45) is 5.73 Å². The first-order valence-corrected chi connectivity index (χ1v) is 4.95. The highest BCUT2D eigenvalue weighted by molar-refractivity contribution is 5.54. The topological polar surface area (TPSA) is 73.9 Å². The molecule has 0 aliphatic rings. The first-order valence-electron chi connectivity index (χ1n) is 4.95. The number of aliphatic hydroxyl groups is 1. The molecule has 0 saturated heterocycles. The number of nitrogens with two attached hydrogens (primary N) is 1. The fourth-order valence-electron chi connectivity index (χ4n) is 1.55. The number of hydrogen-bond acceptors (Lipinski definition) is 5. The number of rotatable bonds is 5. The van der Waals surface area contributed by atoms with Gasteiger partial charge in [-0.2, -0.15) is 0 Å². The van der Waals surface area contributed by atoms with Gasteiger partial charge in [0.25, 0.3) is 0 Å². The van der Waals surface area contributed by atoms with Crippen molar-refractivity contribution in [1.82, 2.24) is 0 Å². The Bertz CT molecular complexity index is 398. The Labute approximate surface area is 98.9 Å². The molecule has 0 fully saturated rings. The maximum Gasteiger partial charge on any atom is 0.173 e. The summed E-state index contributed by atoms with van der Waals surface area (Å²) in [7, 11) is 4.12. The second kappa shape index (κ2) is 5.70. The highest BCUT2D eigenvalue weighted by Crippen LogP contribution is 2.40. The van der Waals surface area contributed by atoms with Crippen molar-refractivity contribution < 1.29 is 23.7 Å². The average Bonchev–Trinajstić information content (AvgIpc) is 2.36. The van der Waals surface area contributed by atoms with Gasteiger partial charge in [-0.05, 0) is 0 Å². The predicted octanol–water partition coefficient (Wildman–Crippen LogP) is 0.844. The molecule has 0 radical (unpaired) electrons. The highest BCUT2D eigenvalue weighted by Gasteiger charge is 2.24. The largest absolute Gasteiger partial charge is 0.494 e. The molecule has 0 aliphatic carbocycles. The lowest BCUT2D eigenvalue weighted by atomic mass is 10.0. The van der Waals surface area contributed by atoms with Crippen molar-refractivity contribution in [3.63, 3.8) is 0 Å². The van der Waals surface area contributed by atoms with Gasteiger partial charge in [0, 0.05) is 6.07 Å². The molecule has 6 heteroatoms. The standard InChI is InChI=1S/C11H16FNO4/c1-15-7-4-8(16-2)11(17-3)9(10(7)12)6(13)5-14/h4,6,14H,5,13H2,1-3H3. The van der Waals surface area contributed by atoms with Crippen LogP contribution in [-0.2, 0) is 0 Å². The van der Waals surface area contributed by atoms with Crippen LogP contribution in [0.2, 0.25) is 0 Å². The first kappa shape index (κ1) is 13.5. The molecule has 0 bridgehead atoms. The lowest BCUT2D eigenvalue weighted by Gasteiger charge is -2.19. The van der Waals surface area contributed by atoms with Gasteiger partial charge in [0.05, 0.1) is 39.5 Å². The zero-order valence-corrected chi connectivity index (χ0v) is 9.99. The number of benzene rings is 1.